The first-order valence-corrected chi connectivity index (χ1v) is 6.36. The van der Waals surface area contributed by atoms with Crippen LogP contribution in [0.4, 0.5) is 5.82 Å². The number of halogens is 1. The van der Waals surface area contributed by atoms with Gasteiger partial charge >= 0.3 is 0 Å². The standard InChI is InChI=1S/C11H14ClN3S/c1-11(2,3)6-13-8-7-4-5-16-9(7)15-10(12)14-8/h4-5H,6H2,1-3H3,(H,13,14,15). The van der Waals surface area contributed by atoms with Gasteiger partial charge in [-0.25, -0.2) is 9.97 Å². The van der Waals surface area contributed by atoms with Crippen molar-refractivity contribution in [1.82, 2.24) is 9.97 Å². The van der Waals surface area contributed by atoms with E-state index in [0.29, 0.717) is 5.28 Å². The first kappa shape index (κ1) is 11.6. The van der Waals surface area contributed by atoms with Crippen LogP contribution in [0.25, 0.3) is 10.2 Å². The van der Waals surface area contributed by atoms with Crippen LogP contribution >= 0.6 is 22.9 Å². The lowest BCUT2D eigenvalue weighted by atomic mass is 9.97. The van der Waals surface area contributed by atoms with Gasteiger partial charge in [0, 0.05) is 6.54 Å². The van der Waals surface area contributed by atoms with Gasteiger partial charge in [0.05, 0.1) is 5.39 Å². The number of aromatic nitrogens is 2. The van der Waals surface area contributed by atoms with Gasteiger partial charge in [-0.15, -0.1) is 11.3 Å². The van der Waals surface area contributed by atoms with Crippen molar-refractivity contribution in [3.05, 3.63) is 16.7 Å². The summed E-state index contributed by atoms with van der Waals surface area (Å²) in [4.78, 5) is 9.33. The number of rotatable bonds is 2. The maximum absolute atomic E-state index is 5.88. The summed E-state index contributed by atoms with van der Waals surface area (Å²) in [5.74, 6) is 0.825. The van der Waals surface area contributed by atoms with Crippen molar-refractivity contribution in [2.24, 2.45) is 5.41 Å². The minimum atomic E-state index is 0.208. The summed E-state index contributed by atoms with van der Waals surface area (Å²) < 4.78 is 0. The van der Waals surface area contributed by atoms with Crippen LogP contribution in [0.1, 0.15) is 20.8 Å². The first-order chi connectivity index (χ1) is 7.46. The summed E-state index contributed by atoms with van der Waals surface area (Å²) in [6.07, 6.45) is 0. The molecule has 2 heterocycles. The summed E-state index contributed by atoms with van der Waals surface area (Å²) in [5, 5.41) is 6.66. The zero-order chi connectivity index (χ0) is 11.8. The van der Waals surface area contributed by atoms with E-state index in [4.69, 9.17) is 11.6 Å². The van der Waals surface area contributed by atoms with Gasteiger partial charge in [0.2, 0.25) is 5.28 Å². The Bertz CT molecular complexity index is 501. The lowest BCUT2D eigenvalue weighted by molar-refractivity contribution is 0.442. The Hall–Kier alpha value is -0.870. The van der Waals surface area contributed by atoms with Crippen LogP contribution < -0.4 is 5.32 Å². The van der Waals surface area contributed by atoms with Crippen LogP contribution in [0.5, 0.6) is 0 Å². The quantitative estimate of drug-likeness (QED) is 0.830. The van der Waals surface area contributed by atoms with E-state index in [1.807, 2.05) is 11.4 Å². The number of anilines is 1. The SMILES string of the molecule is CC(C)(C)CNc1nc(Cl)nc2sccc12. The third-order valence-electron chi connectivity index (χ3n) is 2.08. The summed E-state index contributed by atoms with van der Waals surface area (Å²) >= 11 is 7.45. The fourth-order valence-corrected chi connectivity index (χ4v) is 2.30. The molecule has 0 aliphatic rings. The molecule has 1 N–H and O–H groups in total. The molecule has 0 saturated carbocycles. The molecule has 0 fully saturated rings. The van der Waals surface area contributed by atoms with Gasteiger partial charge in [-0.3, -0.25) is 0 Å². The fourth-order valence-electron chi connectivity index (χ4n) is 1.31. The van der Waals surface area contributed by atoms with Crippen molar-refractivity contribution in [3.8, 4) is 0 Å². The van der Waals surface area contributed by atoms with Crippen molar-refractivity contribution in [2.75, 3.05) is 11.9 Å². The molecule has 0 aliphatic carbocycles. The number of fused-ring (bicyclic) bond motifs is 1. The summed E-state index contributed by atoms with van der Waals surface area (Å²) in [6.45, 7) is 7.38. The van der Waals surface area contributed by atoms with Gasteiger partial charge in [0.15, 0.2) is 0 Å². The van der Waals surface area contributed by atoms with Crippen LogP contribution in [0.2, 0.25) is 5.28 Å². The molecule has 5 heteroatoms. The van der Waals surface area contributed by atoms with Crippen molar-refractivity contribution in [3.63, 3.8) is 0 Å². The Morgan fingerprint density at radius 3 is 2.81 bits per heavy atom. The topological polar surface area (TPSA) is 37.8 Å². The highest BCUT2D eigenvalue weighted by Crippen LogP contribution is 2.27. The number of nitrogens with one attached hydrogen (secondary N) is 1. The van der Waals surface area contributed by atoms with Crippen LogP contribution in [-0.4, -0.2) is 16.5 Å². The zero-order valence-corrected chi connectivity index (χ0v) is 11.1. The number of thiophene rings is 1. The highest BCUT2D eigenvalue weighted by atomic mass is 35.5. The molecule has 0 saturated heterocycles. The molecular weight excluding hydrogens is 242 g/mol. The lowest BCUT2D eigenvalue weighted by Crippen LogP contribution is -2.19. The summed E-state index contributed by atoms with van der Waals surface area (Å²) in [6, 6.07) is 2.02. The molecule has 2 rings (SSSR count). The zero-order valence-electron chi connectivity index (χ0n) is 9.54. The maximum Gasteiger partial charge on any atom is 0.225 e. The van der Waals surface area contributed by atoms with E-state index < -0.39 is 0 Å². The van der Waals surface area contributed by atoms with Crippen LogP contribution in [-0.2, 0) is 0 Å². The first-order valence-electron chi connectivity index (χ1n) is 5.10. The minimum Gasteiger partial charge on any atom is -0.369 e. The van der Waals surface area contributed by atoms with Gasteiger partial charge in [-0.1, -0.05) is 20.8 Å². The molecule has 0 aromatic carbocycles. The van der Waals surface area contributed by atoms with Gasteiger partial charge in [0.1, 0.15) is 10.6 Å². The highest BCUT2D eigenvalue weighted by Gasteiger charge is 2.12. The van der Waals surface area contributed by atoms with Crippen LogP contribution in [0.15, 0.2) is 11.4 Å². The second-order valence-electron chi connectivity index (χ2n) is 4.89. The van der Waals surface area contributed by atoms with Crippen molar-refractivity contribution >= 4 is 39.0 Å². The van der Waals surface area contributed by atoms with Gasteiger partial charge < -0.3 is 5.32 Å². The van der Waals surface area contributed by atoms with E-state index in [-0.39, 0.29) is 5.41 Å². The highest BCUT2D eigenvalue weighted by molar-refractivity contribution is 7.16. The molecule has 86 valence electrons. The maximum atomic E-state index is 5.88. The van der Waals surface area contributed by atoms with E-state index in [2.05, 4.69) is 36.1 Å². The predicted octanol–water partition coefficient (Wildman–Crippen LogP) is 3.80. The lowest BCUT2D eigenvalue weighted by Gasteiger charge is -2.19. The van der Waals surface area contributed by atoms with Crippen molar-refractivity contribution in [2.45, 2.75) is 20.8 Å². The monoisotopic (exact) mass is 255 g/mol. The molecule has 16 heavy (non-hydrogen) atoms. The third kappa shape index (κ3) is 2.62. The second-order valence-corrected chi connectivity index (χ2v) is 6.13. The van der Waals surface area contributed by atoms with Crippen LogP contribution in [0, 0.1) is 5.41 Å². The van der Waals surface area contributed by atoms with Crippen molar-refractivity contribution < 1.29 is 0 Å². The van der Waals surface area contributed by atoms with E-state index in [9.17, 15) is 0 Å². The normalized spacial score (nSPS) is 12.0. The molecule has 2 aromatic heterocycles. The van der Waals surface area contributed by atoms with E-state index in [1.54, 1.807) is 11.3 Å². The Labute approximate surface area is 104 Å². The summed E-state index contributed by atoms with van der Waals surface area (Å²) in [5.41, 5.74) is 0.208. The molecular formula is C11H14ClN3S. The Morgan fingerprint density at radius 2 is 2.12 bits per heavy atom. The number of hydrogen-bond acceptors (Lipinski definition) is 4. The fraction of sp³-hybridized carbons (Fsp3) is 0.455. The molecule has 3 nitrogen and oxygen atoms in total. The van der Waals surface area contributed by atoms with E-state index >= 15 is 0 Å². The summed E-state index contributed by atoms with van der Waals surface area (Å²) in [7, 11) is 0. The van der Waals surface area contributed by atoms with Crippen molar-refractivity contribution in [1.29, 1.82) is 0 Å². The molecule has 0 radical (unpaired) electrons. The molecule has 0 unspecified atom stereocenters. The van der Waals surface area contributed by atoms with E-state index in [1.165, 1.54) is 0 Å². The Morgan fingerprint density at radius 1 is 1.38 bits per heavy atom. The minimum absolute atomic E-state index is 0.208. The number of nitrogens with zero attached hydrogens (tertiary/aromatic N) is 2. The predicted molar refractivity (Wildman–Crippen MR) is 70.4 cm³/mol. The molecule has 0 spiro atoms. The second kappa shape index (κ2) is 4.18. The third-order valence-corrected chi connectivity index (χ3v) is 3.06. The smallest absolute Gasteiger partial charge is 0.225 e. The number of hydrogen-bond donors (Lipinski definition) is 1. The Kier molecular flexibility index (Phi) is 3.04. The van der Waals surface area contributed by atoms with Gasteiger partial charge in [-0.05, 0) is 28.5 Å². The molecule has 0 bridgehead atoms. The molecule has 0 atom stereocenters. The van der Waals surface area contributed by atoms with Crippen LogP contribution in [0.3, 0.4) is 0 Å². The molecule has 0 aliphatic heterocycles. The van der Waals surface area contributed by atoms with E-state index in [0.717, 1.165) is 22.6 Å². The average Bonchev–Trinajstić information content (AvgIpc) is 2.60. The Balaban J connectivity index is 2.32. The van der Waals surface area contributed by atoms with Gasteiger partial charge in [0.25, 0.3) is 0 Å². The average molecular weight is 256 g/mol. The molecule has 2 aromatic rings. The molecule has 0 amide bonds. The largest absolute Gasteiger partial charge is 0.369 e. The van der Waals surface area contributed by atoms with Gasteiger partial charge in [-0.2, -0.15) is 0 Å².